The number of benzene rings is 1. The summed E-state index contributed by atoms with van der Waals surface area (Å²) in [7, 11) is 1.75. The van der Waals surface area contributed by atoms with Crippen LogP contribution >= 0.6 is 0 Å². The minimum atomic E-state index is -0.146. The molecule has 0 amide bonds. The Bertz CT molecular complexity index is 336. The molecule has 100 valence electrons. The van der Waals surface area contributed by atoms with Crippen molar-refractivity contribution in [1.82, 2.24) is 5.32 Å². The van der Waals surface area contributed by atoms with E-state index in [0.29, 0.717) is 13.2 Å². The largest absolute Gasteiger partial charge is 0.492 e. The summed E-state index contributed by atoms with van der Waals surface area (Å²) in [5.74, 6) is 0.907. The van der Waals surface area contributed by atoms with Gasteiger partial charge in [-0.25, -0.2) is 0 Å². The van der Waals surface area contributed by atoms with Crippen LogP contribution < -0.4 is 10.1 Å². The molecule has 18 heavy (non-hydrogen) atoms. The maximum atomic E-state index is 5.60. The Morgan fingerprint density at radius 2 is 2.17 bits per heavy atom. The number of rotatable bonds is 7. The molecule has 1 fully saturated rings. The van der Waals surface area contributed by atoms with Gasteiger partial charge in [-0.3, -0.25) is 0 Å². The second-order valence-corrected chi connectivity index (χ2v) is 4.53. The van der Waals surface area contributed by atoms with Crippen LogP contribution in [0, 0.1) is 0 Å². The van der Waals surface area contributed by atoms with Gasteiger partial charge in [0.1, 0.15) is 18.0 Å². The summed E-state index contributed by atoms with van der Waals surface area (Å²) in [6.07, 6.45) is 0.954. The lowest BCUT2D eigenvalue weighted by molar-refractivity contribution is -0.0159. The Balaban J connectivity index is 1.61. The van der Waals surface area contributed by atoms with Crippen LogP contribution in [0.25, 0.3) is 0 Å². The Labute approximate surface area is 108 Å². The first-order valence-corrected chi connectivity index (χ1v) is 6.36. The summed E-state index contributed by atoms with van der Waals surface area (Å²) in [6, 6.07) is 9.84. The van der Waals surface area contributed by atoms with Crippen molar-refractivity contribution in [3.8, 4) is 5.75 Å². The SMILES string of the molecule is COC1(CNCCOc2ccccc2)CCOC1. The highest BCUT2D eigenvalue weighted by atomic mass is 16.5. The normalized spacial score (nSPS) is 23.2. The summed E-state index contributed by atoms with van der Waals surface area (Å²) in [6.45, 7) is 3.73. The van der Waals surface area contributed by atoms with E-state index in [-0.39, 0.29) is 5.60 Å². The van der Waals surface area contributed by atoms with Gasteiger partial charge in [0.15, 0.2) is 0 Å². The molecule has 0 saturated carbocycles. The third kappa shape index (κ3) is 3.70. The topological polar surface area (TPSA) is 39.7 Å². The molecule has 1 aliphatic heterocycles. The third-order valence-corrected chi connectivity index (χ3v) is 3.24. The molecule has 1 aromatic rings. The molecule has 0 spiro atoms. The van der Waals surface area contributed by atoms with E-state index in [1.165, 1.54) is 0 Å². The van der Waals surface area contributed by atoms with Gasteiger partial charge in [0.2, 0.25) is 0 Å². The van der Waals surface area contributed by atoms with Gasteiger partial charge in [0, 0.05) is 33.2 Å². The van der Waals surface area contributed by atoms with E-state index >= 15 is 0 Å². The number of methoxy groups -OCH3 is 1. The smallest absolute Gasteiger partial charge is 0.119 e. The molecule has 1 atom stereocenters. The van der Waals surface area contributed by atoms with Gasteiger partial charge in [0.05, 0.1) is 6.61 Å². The fraction of sp³-hybridized carbons (Fsp3) is 0.571. The van der Waals surface area contributed by atoms with E-state index in [4.69, 9.17) is 14.2 Å². The number of ether oxygens (including phenoxy) is 3. The fourth-order valence-corrected chi connectivity index (χ4v) is 2.04. The maximum Gasteiger partial charge on any atom is 0.119 e. The van der Waals surface area contributed by atoms with Crippen molar-refractivity contribution in [2.75, 3.05) is 40.0 Å². The van der Waals surface area contributed by atoms with Crippen molar-refractivity contribution >= 4 is 0 Å². The monoisotopic (exact) mass is 251 g/mol. The van der Waals surface area contributed by atoms with Crippen molar-refractivity contribution in [2.45, 2.75) is 12.0 Å². The first kappa shape index (κ1) is 13.3. The predicted molar refractivity (Wildman–Crippen MR) is 70.0 cm³/mol. The van der Waals surface area contributed by atoms with Gasteiger partial charge >= 0.3 is 0 Å². The second-order valence-electron chi connectivity index (χ2n) is 4.53. The number of hydrogen-bond acceptors (Lipinski definition) is 4. The Hall–Kier alpha value is -1.10. The summed E-state index contributed by atoms with van der Waals surface area (Å²) in [5, 5.41) is 3.36. The van der Waals surface area contributed by atoms with Gasteiger partial charge in [-0.2, -0.15) is 0 Å². The molecule has 1 N–H and O–H groups in total. The van der Waals surface area contributed by atoms with Crippen molar-refractivity contribution in [3.05, 3.63) is 30.3 Å². The van der Waals surface area contributed by atoms with E-state index in [1.807, 2.05) is 30.3 Å². The van der Waals surface area contributed by atoms with Crippen molar-refractivity contribution in [1.29, 1.82) is 0 Å². The van der Waals surface area contributed by atoms with Gasteiger partial charge in [-0.05, 0) is 12.1 Å². The van der Waals surface area contributed by atoms with Gasteiger partial charge in [-0.15, -0.1) is 0 Å². The lowest BCUT2D eigenvalue weighted by atomic mass is 10.0. The average Bonchev–Trinajstić information content (AvgIpc) is 2.89. The molecule has 4 heteroatoms. The highest BCUT2D eigenvalue weighted by Crippen LogP contribution is 2.21. The molecular formula is C14H21NO3. The molecule has 1 aliphatic rings. The van der Waals surface area contributed by atoms with E-state index < -0.39 is 0 Å². The highest BCUT2D eigenvalue weighted by Gasteiger charge is 2.34. The zero-order valence-corrected chi connectivity index (χ0v) is 10.9. The molecule has 1 unspecified atom stereocenters. The molecule has 1 saturated heterocycles. The van der Waals surface area contributed by atoms with E-state index in [0.717, 1.165) is 31.9 Å². The molecule has 0 aliphatic carbocycles. The van der Waals surface area contributed by atoms with Crippen molar-refractivity contribution in [2.24, 2.45) is 0 Å². The lowest BCUT2D eigenvalue weighted by Gasteiger charge is -2.25. The second kappa shape index (κ2) is 6.73. The van der Waals surface area contributed by atoms with Crippen LogP contribution in [0.2, 0.25) is 0 Å². The van der Waals surface area contributed by atoms with Gasteiger partial charge < -0.3 is 19.5 Å². The minimum absolute atomic E-state index is 0.146. The Kier molecular flexibility index (Phi) is 4.99. The first-order chi connectivity index (χ1) is 8.85. The molecular weight excluding hydrogens is 230 g/mol. The van der Waals surface area contributed by atoms with Crippen LogP contribution in [-0.4, -0.2) is 45.6 Å². The molecule has 0 radical (unpaired) electrons. The van der Waals surface area contributed by atoms with E-state index in [2.05, 4.69) is 5.32 Å². The molecule has 0 bridgehead atoms. The minimum Gasteiger partial charge on any atom is -0.492 e. The molecule has 4 nitrogen and oxygen atoms in total. The zero-order chi connectivity index (χ0) is 12.7. The summed E-state index contributed by atoms with van der Waals surface area (Å²) in [5.41, 5.74) is -0.146. The van der Waals surface area contributed by atoms with Crippen molar-refractivity contribution < 1.29 is 14.2 Å². The third-order valence-electron chi connectivity index (χ3n) is 3.24. The van der Waals surface area contributed by atoms with Crippen LogP contribution in [0.15, 0.2) is 30.3 Å². The maximum absolute atomic E-state index is 5.60. The Morgan fingerprint density at radius 3 is 2.83 bits per heavy atom. The van der Waals surface area contributed by atoms with Crippen LogP contribution in [-0.2, 0) is 9.47 Å². The van der Waals surface area contributed by atoms with Crippen LogP contribution in [0.4, 0.5) is 0 Å². The number of hydrogen-bond donors (Lipinski definition) is 1. The summed E-state index contributed by atoms with van der Waals surface area (Å²) < 4.78 is 16.5. The zero-order valence-electron chi connectivity index (χ0n) is 10.9. The van der Waals surface area contributed by atoms with E-state index in [1.54, 1.807) is 7.11 Å². The molecule has 1 heterocycles. The van der Waals surface area contributed by atoms with Crippen LogP contribution in [0.5, 0.6) is 5.75 Å². The number of nitrogens with one attached hydrogen (secondary N) is 1. The lowest BCUT2D eigenvalue weighted by Crippen LogP contribution is -2.44. The van der Waals surface area contributed by atoms with Gasteiger partial charge in [0.25, 0.3) is 0 Å². The predicted octanol–water partition coefficient (Wildman–Crippen LogP) is 1.46. The summed E-state index contributed by atoms with van der Waals surface area (Å²) >= 11 is 0. The molecule has 2 rings (SSSR count). The molecule has 0 aromatic heterocycles. The Morgan fingerprint density at radius 1 is 1.33 bits per heavy atom. The van der Waals surface area contributed by atoms with Crippen molar-refractivity contribution in [3.63, 3.8) is 0 Å². The average molecular weight is 251 g/mol. The standard InChI is InChI=1S/C14H21NO3/c1-16-14(7-9-17-12-14)11-15-8-10-18-13-5-3-2-4-6-13/h2-6,15H,7-12H2,1H3. The summed E-state index contributed by atoms with van der Waals surface area (Å²) in [4.78, 5) is 0. The van der Waals surface area contributed by atoms with Crippen LogP contribution in [0.3, 0.4) is 0 Å². The molecule has 1 aromatic carbocycles. The first-order valence-electron chi connectivity index (χ1n) is 6.36. The fourth-order valence-electron chi connectivity index (χ4n) is 2.04. The highest BCUT2D eigenvalue weighted by molar-refractivity contribution is 5.20. The van der Waals surface area contributed by atoms with E-state index in [9.17, 15) is 0 Å². The van der Waals surface area contributed by atoms with Gasteiger partial charge in [-0.1, -0.05) is 18.2 Å². The van der Waals surface area contributed by atoms with Crippen LogP contribution in [0.1, 0.15) is 6.42 Å². The quantitative estimate of drug-likeness (QED) is 0.745. The number of para-hydroxylation sites is 1.